The summed E-state index contributed by atoms with van der Waals surface area (Å²) < 4.78 is 1.41. The molecule has 4 heteroatoms. The van der Waals surface area contributed by atoms with Crippen molar-refractivity contribution in [3.63, 3.8) is 0 Å². The van der Waals surface area contributed by atoms with Crippen LogP contribution in [0.5, 0.6) is 5.75 Å². The molecule has 0 aliphatic carbocycles. The Morgan fingerprint density at radius 2 is 2.23 bits per heavy atom. The van der Waals surface area contributed by atoms with Crippen LogP contribution in [0.2, 0.25) is 0 Å². The van der Waals surface area contributed by atoms with Crippen LogP contribution in [0.15, 0.2) is 22.7 Å². The van der Waals surface area contributed by atoms with Gasteiger partial charge in [-0.15, -0.1) is 11.3 Å². The van der Waals surface area contributed by atoms with Crippen molar-refractivity contribution in [2.24, 2.45) is 0 Å². The Hall–Kier alpha value is -1.05. The van der Waals surface area contributed by atoms with Crippen LogP contribution in [0.4, 0.5) is 0 Å². The van der Waals surface area contributed by atoms with Crippen molar-refractivity contribution in [2.45, 2.75) is 0 Å². The SMILES string of the molecule is N#Cc1cc2ccc(Br)c(O)c2s1. The summed E-state index contributed by atoms with van der Waals surface area (Å²) in [6.07, 6.45) is 0. The van der Waals surface area contributed by atoms with Crippen molar-refractivity contribution in [3.05, 3.63) is 27.5 Å². The third-order valence-electron chi connectivity index (χ3n) is 1.72. The molecule has 0 atom stereocenters. The summed E-state index contributed by atoms with van der Waals surface area (Å²) in [7, 11) is 0. The number of hydrogen-bond acceptors (Lipinski definition) is 3. The fraction of sp³-hybridized carbons (Fsp3) is 0. The van der Waals surface area contributed by atoms with Gasteiger partial charge in [0.25, 0.3) is 0 Å². The lowest BCUT2D eigenvalue weighted by atomic mass is 10.2. The third kappa shape index (κ3) is 1.30. The molecule has 0 aliphatic rings. The van der Waals surface area contributed by atoms with Gasteiger partial charge in [0.1, 0.15) is 16.7 Å². The van der Waals surface area contributed by atoms with Crippen molar-refractivity contribution in [3.8, 4) is 11.8 Å². The van der Waals surface area contributed by atoms with E-state index in [2.05, 4.69) is 22.0 Å². The number of nitrogens with zero attached hydrogens (tertiary/aromatic N) is 1. The lowest BCUT2D eigenvalue weighted by Gasteiger charge is -1.96. The third-order valence-corrected chi connectivity index (χ3v) is 3.42. The minimum atomic E-state index is 0.212. The zero-order valence-corrected chi connectivity index (χ0v) is 8.82. The van der Waals surface area contributed by atoms with E-state index in [0.717, 1.165) is 10.1 Å². The van der Waals surface area contributed by atoms with Crippen molar-refractivity contribution < 1.29 is 5.11 Å². The molecule has 64 valence electrons. The number of phenols is 1. The minimum absolute atomic E-state index is 0.212. The number of benzene rings is 1. The lowest BCUT2D eigenvalue weighted by Crippen LogP contribution is -1.67. The predicted octanol–water partition coefficient (Wildman–Crippen LogP) is 3.24. The van der Waals surface area contributed by atoms with Crippen molar-refractivity contribution in [1.29, 1.82) is 5.26 Å². The van der Waals surface area contributed by atoms with Crippen LogP contribution in [0.25, 0.3) is 10.1 Å². The molecule has 0 unspecified atom stereocenters. The smallest absolute Gasteiger partial charge is 0.147 e. The van der Waals surface area contributed by atoms with E-state index in [1.54, 1.807) is 12.1 Å². The summed E-state index contributed by atoms with van der Waals surface area (Å²) in [4.78, 5) is 0.614. The van der Waals surface area contributed by atoms with E-state index >= 15 is 0 Å². The molecule has 0 bridgehead atoms. The second-order valence-electron chi connectivity index (χ2n) is 2.54. The Morgan fingerprint density at radius 3 is 2.92 bits per heavy atom. The van der Waals surface area contributed by atoms with Gasteiger partial charge in [-0.1, -0.05) is 6.07 Å². The van der Waals surface area contributed by atoms with E-state index < -0.39 is 0 Å². The van der Waals surface area contributed by atoms with Gasteiger partial charge in [-0.2, -0.15) is 5.26 Å². The van der Waals surface area contributed by atoms with Gasteiger partial charge < -0.3 is 5.11 Å². The lowest BCUT2D eigenvalue weighted by molar-refractivity contribution is 0.479. The van der Waals surface area contributed by atoms with Gasteiger partial charge in [-0.3, -0.25) is 0 Å². The Bertz CT molecular complexity index is 512. The largest absolute Gasteiger partial charge is 0.505 e. The first-order valence-electron chi connectivity index (χ1n) is 3.53. The van der Waals surface area contributed by atoms with Crippen LogP contribution in [-0.2, 0) is 0 Å². The highest BCUT2D eigenvalue weighted by molar-refractivity contribution is 9.10. The highest BCUT2D eigenvalue weighted by atomic mass is 79.9. The van der Waals surface area contributed by atoms with Gasteiger partial charge in [-0.05, 0) is 33.4 Å². The normalized spacial score (nSPS) is 10.2. The molecule has 1 heterocycles. The van der Waals surface area contributed by atoms with E-state index in [-0.39, 0.29) is 5.75 Å². The number of phenolic OH excluding ortho intramolecular Hbond substituents is 1. The number of halogens is 1. The topological polar surface area (TPSA) is 44.0 Å². The number of nitriles is 1. The fourth-order valence-electron chi connectivity index (χ4n) is 1.12. The van der Waals surface area contributed by atoms with Crippen LogP contribution in [0, 0.1) is 11.3 Å². The molecule has 2 nitrogen and oxygen atoms in total. The van der Waals surface area contributed by atoms with Crippen LogP contribution < -0.4 is 0 Å². The van der Waals surface area contributed by atoms with E-state index in [0.29, 0.717) is 9.35 Å². The molecule has 1 aromatic heterocycles. The number of fused-ring (bicyclic) bond motifs is 1. The molecule has 0 saturated carbocycles. The van der Waals surface area contributed by atoms with E-state index in [4.69, 9.17) is 5.26 Å². The fourth-order valence-corrected chi connectivity index (χ4v) is 2.48. The number of rotatable bonds is 0. The molecule has 0 aliphatic heterocycles. The highest BCUT2D eigenvalue weighted by Crippen LogP contribution is 2.37. The van der Waals surface area contributed by atoms with Gasteiger partial charge in [0, 0.05) is 0 Å². The summed E-state index contributed by atoms with van der Waals surface area (Å²) in [6.45, 7) is 0. The first kappa shape index (κ1) is 8.54. The van der Waals surface area contributed by atoms with Gasteiger partial charge in [0.2, 0.25) is 0 Å². The van der Waals surface area contributed by atoms with Crippen molar-refractivity contribution in [1.82, 2.24) is 0 Å². The molecule has 0 amide bonds. The standard InChI is InChI=1S/C9H4BrNOS/c10-7-2-1-5-3-6(4-11)13-9(5)8(7)12/h1-3,12H. The van der Waals surface area contributed by atoms with Crippen LogP contribution in [0.1, 0.15) is 4.88 Å². The summed E-state index contributed by atoms with van der Waals surface area (Å²) in [5.74, 6) is 0.212. The number of aromatic hydroxyl groups is 1. The Balaban J connectivity index is 2.86. The molecule has 0 saturated heterocycles. The molecule has 1 N–H and O–H groups in total. The molecule has 2 rings (SSSR count). The van der Waals surface area contributed by atoms with E-state index in [1.165, 1.54) is 11.3 Å². The average Bonchev–Trinajstić information content (AvgIpc) is 2.55. The second-order valence-corrected chi connectivity index (χ2v) is 4.44. The maximum atomic E-state index is 9.62. The van der Waals surface area contributed by atoms with Gasteiger partial charge in [0.15, 0.2) is 0 Å². The summed E-state index contributed by atoms with van der Waals surface area (Å²) >= 11 is 4.52. The van der Waals surface area contributed by atoms with Gasteiger partial charge >= 0.3 is 0 Å². The molecule has 13 heavy (non-hydrogen) atoms. The molecule has 1 aromatic carbocycles. The van der Waals surface area contributed by atoms with Crippen LogP contribution in [0.3, 0.4) is 0 Å². The molecule has 2 aromatic rings. The first-order chi connectivity index (χ1) is 6.22. The monoisotopic (exact) mass is 253 g/mol. The zero-order chi connectivity index (χ0) is 9.42. The molecular formula is C9H4BrNOS. The average molecular weight is 254 g/mol. The minimum Gasteiger partial charge on any atom is -0.505 e. The van der Waals surface area contributed by atoms with Gasteiger partial charge in [-0.25, -0.2) is 0 Å². The molecular weight excluding hydrogens is 250 g/mol. The van der Waals surface area contributed by atoms with Crippen molar-refractivity contribution >= 4 is 37.4 Å². The van der Waals surface area contributed by atoms with Crippen molar-refractivity contribution in [2.75, 3.05) is 0 Å². The Morgan fingerprint density at radius 1 is 1.46 bits per heavy atom. The quantitative estimate of drug-likeness (QED) is 0.784. The number of hydrogen-bond donors (Lipinski definition) is 1. The Labute approximate surface area is 87.2 Å². The molecule has 0 fully saturated rings. The van der Waals surface area contributed by atoms with E-state index in [1.807, 2.05) is 6.07 Å². The van der Waals surface area contributed by atoms with E-state index in [9.17, 15) is 5.11 Å². The second kappa shape index (κ2) is 3.02. The highest BCUT2D eigenvalue weighted by Gasteiger charge is 2.07. The Kier molecular flexibility index (Phi) is 1.98. The first-order valence-corrected chi connectivity index (χ1v) is 5.14. The summed E-state index contributed by atoms with van der Waals surface area (Å²) in [6, 6.07) is 7.47. The molecule has 0 spiro atoms. The zero-order valence-electron chi connectivity index (χ0n) is 6.41. The summed E-state index contributed by atoms with van der Waals surface area (Å²) in [5, 5.41) is 19.2. The van der Waals surface area contributed by atoms with Crippen LogP contribution in [-0.4, -0.2) is 5.11 Å². The molecule has 0 radical (unpaired) electrons. The van der Waals surface area contributed by atoms with Gasteiger partial charge in [0.05, 0.1) is 9.17 Å². The predicted molar refractivity (Wildman–Crippen MR) is 55.9 cm³/mol. The maximum absolute atomic E-state index is 9.62. The van der Waals surface area contributed by atoms with Crippen LogP contribution >= 0.6 is 27.3 Å². The number of thiophene rings is 1. The summed E-state index contributed by atoms with van der Waals surface area (Å²) in [5.41, 5.74) is 0. The maximum Gasteiger partial charge on any atom is 0.147 e.